The Kier molecular flexibility index (Phi) is 121. The van der Waals surface area contributed by atoms with Gasteiger partial charge in [-0.05, 0) is 0 Å². The van der Waals surface area contributed by atoms with Crippen LogP contribution in [0.1, 0.15) is 7.43 Å². The smallest absolute Gasteiger partial charge is 0.365 e. The van der Waals surface area contributed by atoms with Crippen LogP contribution in [0.15, 0.2) is 0 Å². The Hall–Kier alpha value is -3.18. The zero-order valence-electron chi connectivity index (χ0n) is 12.4. The Labute approximate surface area is 112 Å². The van der Waals surface area contributed by atoms with E-state index in [2.05, 4.69) is 17.2 Å². The van der Waals surface area contributed by atoms with Gasteiger partial charge in [0, 0.05) is 26.2 Å². The maximum Gasteiger partial charge on any atom is 0.365 e. The summed E-state index contributed by atoms with van der Waals surface area (Å²) in [5.41, 5.74) is 14.8. The maximum atomic E-state index is 10.5. The second-order valence-corrected chi connectivity index (χ2v) is 2.05. The fourth-order valence-corrected chi connectivity index (χ4v) is 0.323. The van der Waals surface area contributed by atoms with E-state index in [0.717, 1.165) is 0 Å². The van der Waals surface area contributed by atoms with Crippen molar-refractivity contribution in [2.75, 3.05) is 26.2 Å². The largest absolute Gasteiger partial charge is 0.633 e. The zero-order chi connectivity index (χ0) is 11.4. The normalized spacial score (nSPS) is 5.80. The van der Waals surface area contributed by atoms with E-state index in [4.69, 9.17) is 17.2 Å². The van der Waals surface area contributed by atoms with Crippen LogP contribution in [0, 0.1) is 29.4 Å². The molecular weight excluding hydrogens is 772 g/mol. The van der Waals surface area contributed by atoms with Crippen molar-refractivity contribution >= 4 is 11.9 Å². The van der Waals surface area contributed by atoms with Gasteiger partial charge in [0.2, 0.25) is 0 Å². The maximum absolute atomic E-state index is 10.5. The molecule has 7 N–H and O–H groups in total. The summed E-state index contributed by atoms with van der Waals surface area (Å²) in [7, 11) is 2.77. The van der Waals surface area contributed by atoms with Gasteiger partial charge in [-0.25, -0.2) is 4.79 Å². The molecule has 0 saturated heterocycles. The van der Waals surface area contributed by atoms with Crippen molar-refractivity contribution in [2.24, 2.45) is 17.2 Å². The molecule has 20 heavy (non-hydrogen) atoms. The summed E-state index contributed by atoms with van der Waals surface area (Å²) in [6, 6.07) is 0. The molecule has 0 aromatic rings. The quantitative estimate of drug-likeness (QED) is 0.170. The van der Waals surface area contributed by atoms with E-state index in [9.17, 15) is 9.59 Å². The van der Waals surface area contributed by atoms with Gasteiger partial charge in [-0.2, -0.15) is 7.11 Å². The van der Waals surface area contributed by atoms with Crippen molar-refractivity contribution < 1.29 is 14.3 Å². The molecule has 0 aliphatic carbocycles. The standard InChI is InChI=1S/C5H9N2O3.C2H8N2.CH4.3CH3.2Db/c1-10-5(9)4(8)7-3-2-6;3-1-2-4;;;;;;/h1-3,6H2,(H,7,8);1-4H2;1H4;3*1H3;;/q-1;;;3*-1;;. The van der Waals surface area contributed by atoms with Gasteiger partial charge in [0.1, 0.15) is 0 Å². The Balaban J connectivity index is -0.0000000217. The van der Waals surface area contributed by atoms with E-state index in [1.165, 1.54) is 0 Å². The van der Waals surface area contributed by atoms with Gasteiger partial charge in [-0.1, -0.05) is 7.43 Å². The monoisotopic (exact) mass is 802 g/mol. The first-order chi connectivity index (χ1) is 6.63. The van der Waals surface area contributed by atoms with E-state index < -0.39 is 11.9 Å². The molecule has 0 bridgehead atoms. The molecule has 0 atom stereocenters. The summed E-state index contributed by atoms with van der Waals surface area (Å²) in [4.78, 5) is 20.7. The van der Waals surface area contributed by atoms with E-state index in [1.807, 2.05) is 0 Å². The van der Waals surface area contributed by atoms with Crippen LogP contribution in [-0.4, -0.2) is 38.1 Å². The molecule has 0 aliphatic rings. The number of nitrogens with two attached hydrogens (primary N) is 3. The molecule has 9 heteroatoms. The number of ether oxygens (including phenoxy) is 1. The third-order valence-electron chi connectivity index (χ3n) is 0.913. The topological polar surface area (TPSA) is 133 Å². The third kappa shape index (κ3) is 46.3. The molecule has 0 fully saturated rings. The first-order valence-corrected chi connectivity index (χ1v) is 3.98. The molecule has 0 unspecified atom stereocenters. The van der Waals surface area contributed by atoms with Crippen molar-refractivity contribution in [3.63, 3.8) is 0 Å². The number of nitrogens with one attached hydrogen (secondary N) is 1. The van der Waals surface area contributed by atoms with Crippen molar-refractivity contribution in [3.05, 3.63) is 29.4 Å². The molecule has 0 spiro atoms. The van der Waals surface area contributed by atoms with Crippen LogP contribution in [-0.2, 0) is 14.3 Å². The second-order valence-electron chi connectivity index (χ2n) is 2.05. The van der Waals surface area contributed by atoms with Crippen molar-refractivity contribution in [3.8, 4) is 0 Å². The Morgan fingerprint density at radius 1 is 0.950 bits per heavy atom. The first-order valence-electron chi connectivity index (χ1n) is 3.98. The number of carbonyl (C=O) groups is 2. The van der Waals surface area contributed by atoms with Crippen molar-refractivity contribution in [1.82, 2.24) is 5.32 Å². The predicted octanol–water partition coefficient (Wildman–Crippen LogP) is -0.713. The average molecular weight is 802 g/mol. The van der Waals surface area contributed by atoms with E-state index in [0.29, 0.717) is 13.1 Å². The fraction of sp³-hybridized carbons (Fsp3) is 0.455. The third-order valence-corrected chi connectivity index (χ3v) is 0.913. The van der Waals surface area contributed by atoms with Crippen LogP contribution in [0.3, 0.4) is 0 Å². The first kappa shape index (κ1) is 54.1. The second kappa shape index (κ2) is 44.7. The molecular formula is C11H30Db2N4O3-4. The van der Waals surface area contributed by atoms with E-state index in [1.54, 1.807) is 0 Å². The Morgan fingerprint density at radius 3 is 1.50 bits per heavy atom. The number of rotatable bonds is 3. The minimum Gasteiger partial charge on any atom is -0.633 e. The molecule has 7 nitrogen and oxygen atoms in total. The number of hydrogen-bond acceptors (Lipinski definition) is 6. The molecule has 120 valence electrons. The molecule has 0 saturated carbocycles. The van der Waals surface area contributed by atoms with Crippen LogP contribution in [0.4, 0.5) is 0 Å². The van der Waals surface area contributed by atoms with E-state index in [-0.39, 0.29) is 42.8 Å². The molecule has 0 aliphatic heterocycles. The van der Waals surface area contributed by atoms with Gasteiger partial charge >= 0.3 is 11.9 Å². The van der Waals surface area contributed by atoms with Crippen LogP contribution >= 0.6 is 0 Å². The Morgan fingerprint density at radius 2 is 1.30 bits per heavy atom. The number of hydrogen-bond donors (Lipinski definition) is 4. The Bertz CT molecular complexity index is 174. The van der Waals surface area contributed by atoms with Gasteiger partial charge in [0.25, 0.3) is 0 Å². The van der Waals surface area contributed by atoms with Gasteiger partial charge in [-0.3, -0.25) is 4.79 Å². The summed E-state index contributed by atoms with van der Waals surface area (Å²) in [6.45, 7) is 1.74. The van der Waals surface area contributed by atoms with E-state index >= 15 is 0 Å². The summed E-state index contributed by atoms with van der Waals surface area (Å²) >= 11 is 0. The van der Waals surface area contributed by atoms with Crippen LogP contribution in [0.5, 0.6) is 0 Å². The van der Waals surface area contributed by atoms with Crippen molar-refractivity contribution in [2.45, 2.75) is 7.43 Å². The van der Waals surface area contributed by atoms with Gasteiger partial charge in [0.05, 0.1) is 0 Å². The molecule has 0 aromatic carbocycles. The summed E-state index contributed by atoms with van der Waals surface area (Å²) in [5, 5.41) is 2.20. The van der Waals surface area contributed by atoms with Crippen LogP contribution in [0.2, 0.25) is 0 Å². The molecule has 0 heterocycles. The number of esters is 1. The van der Waals surface area contributed by atoms with Crippen LogP contribution < -0.4 is 22.5 Å². The molecule has 0 aromatic heterocycles. The fourth-order valence-electron chi connectivity index (χ4n) is 0.323. The minimum absolute atomic E-state index is 0. The summed E-state index contributed by atoms with van der Waals surface area (Å²) < 4.78 is 3.87. The van der Waals surface area contributed by atoms with Gasteiger partial charge in [0.15, 0.2) is 0 Å². The zero-order valence-corrected chi connectivity index (χ0v) is 25.3. The minimum atomic E-state index is -1.01. The number of amides is 1. The molecule has 0 radical (unpaired) electrons. The summed E-state index contributed by atoms with van der Waals surface area (Å²) in [5.74, 6) is -1.83. The SMILES string of the molecule is C.NCCN.[CH2-]OC(=O)C(=O)NCCN.[CH3-].[CH3-].[CH3-].[Db].[Db]. The predicted molar refractivity (Wildman–Crippen MR) is 77.6 cm³/mol. The number of carbonyl (C=O) groups excluding carboxylic acids is 2. The van der Waals surface area contributed by atoms with Crippen LogP contribution in [0.25, 0.3) is 0 Å². The molecule has 0 rings (SSSR count). The van der Waals surface area contributed by atoms with Gasteiger partial charge in [-0.15, -0.1) is 0 Å². The van der Waals surface area contributed by atoms with Crippen molar-refractivity contribution in [1.29, 1.82) is 0 Å². The summed E-state index contributed by atoms with van der Waals surface area (Å²) in [6.07, 6.45) is 0. The average Bonchev–Trinajstić information content (AvgIpc) is 2.24. The van der Waals surface area contributed by atoms with Gasteiger partial charge < -0.3 is 49.5 Å². The molecule has 1 amide bonds.